The normalized spacial score (nSPS) is 9.73. The van der Waals surface area contributed by atoms with E-state index in [0.717, 1.165) is 16.4 Å². The maximum atomic E-state index is 5.78. The molecule has 1 heterocycles. The van der Waals surface area contributed by atoms with E-state index >= 15 is 0 Å². The molecule has 0 fully saturated rings. The molecule has 1 aromatic carbocycles. The Morgan fingerprint density at radius 2 is 1.87 bits per heavy atom. The summed E-state index contributed by atoms with van der Waals surface area (Å²) in [6.45, 7) is 0.459. The Kier molecular flexibility index (Phi) is 4.15. The minimum absolute atomic E-state index is 0. The zero-order valence-corrected chi connectivity index (χ0v) is 9.50. The minimum atomic E-state index is 0. The molecule has 0 amide bonds. The summed E-state index contributed by atoms with van der Waals surface area (Å²) in [4.78, 5) is 0. The molecule has 3 nitrogen and oxygen atoms in total. The molecule has 2 aromatic rings. The molecule has 0 atom stereocenters. The lowest BCUT2D eigenvalue weighted by atomic mass is 10.3. The summed E-state index contributed by atoms with van der Waals surface area (Å²) in [5, 5.41) is 5.00. The molecule has 1 aromatic heterocycles. The highest BCUT2D eigenvalue weighted by Gasteiger charge is 1.98. The molecule has 2 N–H and O–H groups in total. The first-order valence-corrected chi connectivity index (χ1v) is 4.68. The molecule has 0 aliphatic heterocycles. The second-order valence-electron chi connectivity index (χ2n) is 2.93. The molecule has 0 aliphatic carbocycles. The Morgan fingerprint density at radius 1 is 1.20 bits per heavy atom. The van der Waals surface area contributed by atoms with Gasteiger partial charge in [0.15, 0.2) is 0 Å². The van der Waals surface area contributed by atoms with Crippen molar-refractivity contribution in [3.8, 4) is 5.69 Å². The van der Waals surface area contributed by atoms with Crippen molar-refractivity contribution >= 4 is 24.0 Å². The summed E-state index contributed by atoms with van der Waals surface area (Å²) in [5.41, 5.74) is 7.32. The van der Waals surface area contributed by atoms with Crippen LogP contribution >= 0.6 is 24.0 Å². The third kappa shape index (κ3) is 2.72. The summed E-state index contributed by atoms with van der Waals surface area (Å²) >= 11 is 5.78. The SMILES string of the molecule is Cl.NCc1ccn(-c2ccc(Cl)cc2)n1. The van der Waals surface area contributed by atoms with E-state index in [-0.39, 0.29) is 12.4 Å². The molecule has 0 unspecified atom stereocenters. The van der Waals surface area contributed by atoms with Crippen LogP contribution in [0.4, 0.5) is 0 Å². The van der Waals surface area contributed by atoms with Gasteiger partial charge >= 0.3 is 0 Å². The van der Waals surface area contributed by atoms with E-state index in [0.29, 0.717) is 6.54 Å². The quantitative estimate of drug-likeness (QED) is 0.881. The Hall–Kier alpha value is -1.03. The first-order chi connectivity index (χ1) is 6.79. The fourth-order valence-corrected chi connectivity index (χ4v) is 1.33. The number of hydrogen-bond donors (Lipinski definition) is 1. The molecular formula is C10H11Cl2N3. The molecule has 15 heavy (non-hydrogen) atoms. The zero-order valence-electron chi connectivity index (χ0n) is 7.93. The first kappa shape index (κ1) is 12.0. The van der Waals surface area contributed by atoms with Crippen molar-refractivity contribution < 1.29 is 0 Å². The average molecular weight is 244 g/mol. The van der Waals surface area contributed by atoms with Crippen LogP contribution < -0.4 is 5.73 Å². The predicted molar refractivity (Wildman–Crippen MR) is 63.7 cm³/mol. The Balaban J connectivity index is 0.00000112. The maximum absolute atomic E-state index is 5.78. The predicted octanol–water partition coefficient (Wildman–Crippen LogP) is 2.41. The van der Waals surface area contributed by atoms with Crippen LogP contribution in [-0.4, -0.2) is 9.78 Å². The Bertz CT molecular complexity index is 422. The summed E-state index contributed by atoms with van der Waals surface area (Å²) < 4.78 is 1.78. The van der Waals surface area contributed by atoms with Gasteiger partial charge < -0.3 is 5.73 Å². The second-order valence-corrected chi connectivity index (χ2v) is 3.37. The van der Waals surface area contributed by atoms with Gasteiger partial charge in [-0.1, -0.05) is 11.6 Å². The van der Waals surface area contributed by atoms with Crippen LogP contribution in [0.25, 0.3) is 5.69 Å². The van der Waals surface area contributed by atoms with E-state index in [1.165, 1.54) is 0 Å². The van der Waals surface area contributed by atoms with Gasteiger partial charge in [0.1, 0.15) is 0 Å². The summed E-state index contributed by atoms with van der Waals surface area (Å²) in [5.74, 6) is 0. The topological polar surface area (TPSA) is 43.8 Å². The summed E-state index contributed by atoms with van der Waals surface area (Å²) in [6.07, 6.45) is 1.88. The van der Waals surface area contributed by atoms with Crippen molar-refractivity contribution in [1.82, 2.24) is 9.78 Å². The van der Waals surface area contributed by atoms with Crippen LogP contribution in [0.2, 0.25) is 5.02 Å². The monoisotopic (exact) mass is 243 g/mol. The molecule has 0 radical (unpaired) electrons. The number of nitrogens with two attached hydrogens (primary N) is 1. The van der Waals surface area contributed by atoms with Crippen LogP contribution in [0.1, 0.15) is 5.69 Å². The molecule has 2 rings (SSSR count). The molecule has 0 saturated heterocycles. The van der Waals surface area contributed by atoms with Crippen LogP contribution in [0.3, 0.4) is 0 Å². The highest BCUT2D eigenvalue weighted by Crippen LogP contribution is 2.12. The van der Waals surface area contributed by atoms with E-state index < -0.39 is 0 Å². The molecular weight excluding hydrogens is 233 g/mol. The van der Waals surface area contributed by atoms with Gasteiger partial charge in [-0.25, -0.2) is 4.68 Å². The third-order valence-electron chi connectivity index (χ3n) is 1.94. The van der Waals surface area contributed by atoms with Crippen molar-refractivity contribution in [2.45, 2.75) is 6.54 Å². The number of nitrogens with zero attached hydrogens (tertiary/aromatic N) is 2. The number of aromatic nitrogens is 2. The lowest BCUT2D eigenvalue weighted by Crippen LogP contribution is -2.00. The highest BCUT2D eigenvalue weighted by atomic mass is 35.5. The summed E-state index contributed by atoms with van der Waals surface area (Å²) in [6, 6.07) is 9.39. The number of rotatable bonds is 2. The Morgan fingerprint density at radius 3 is 2.40 bits per heavy atom. The van der Waals surface area contributed by atoms with E-state index in [2.05, 4.69) is 5.10 Å². The molecule has 0 saturated carbocycles. The van der Waals surface area contributed by atoms with Crippen molar-refractivity contribution in [3.63, 3.8) is 0 Å². The van der Waals surface area contributed by atoms with Crippen LogP contribution in [-0.2, 0) is 6.54 Å². The van der Waals surface area contributed by atoms with Crippen LogP contribution in [0.15, 0.2) is 36.5 Å². The van der Waals surface area contributed by atoms with Crippen LogP contribution in [0, 0.1) is 0 Å². The highest BCUT2D eigenvalue weighted by molar-refractivity contribution is 6.30. The van der Waals surface area contributed by atoms with E-state index in [1.807, 2.05) is 36.5 Å². The van der Waals surface area contributed by atoms with Crippen LogP contribution in [0.5, 0.6) is 0 Å². The fraction of sp³-hybridized carbons (Fsp3) is 0.100. The zero-order chi connectivity index (χ0) is 9.97. The number of halogens is 2. The summed E-state index contributed by atoms with van der Waals surface area (Å²) in [7, 11) is 0. The molecule has 0 bridgehead atoms. The molecule has 0 spiro atoms. The van der Waals surface area contributed by atoms with Gasteiger partial charge in [0, 0.05) is 17.8 Å². The molecule has 5 heteroatoms. The van der Waals surface area contributed by atoms with E-state index in [1.54, 1.807) is 4.68 Å². The average Bonchev–Trinajstić information content (AvgIpc) is 2.67. The van der Waals surface area contributed by atoms with Crippen molar-refractivity contribution in [2.24, 2.45) is 5.73 Å². The van der Waals surface area contributed by atoms with Crippen molar-refractivity contribution in [1.29, 1.82) is 0 Å². The van der Waals surface area contributed by atoms with Gasteiger partial charge in [-0.05, 0) is 30.3 Å². The van der Waals surface area contributed by atoms with E-state index in [9.17, 15) is 0 Å². The molecule has 80 valence electrons. The van der Waals surface area contributed by atoms with Crippen molar-refractivity contribution in [3.05, 3.63) is 47.2 Å². The standard InChI is InChI=1S/C10H10ClN3.ClH/c11-8-1-3-10(4-2-8)14-6-5-9(7-12)13-14;/h1-6H,7,12H2;1H. The van der Waals surface area contributed by atoms with Gasteiger partial charge in [-0.2, -0.15) is 5.10 Å². The van der Waals surface area contributed by atoms with Gasteiger partial charge in [0.25, 0.3) is 0 Å². The molecule has 0 aliphatic rings. The lowest BCUT2D eigenvalue weighted by Gasteiger charge is -2.00. The fourth-order valence-electron chi connectivity index (χ4n) is 1.21. The minimum Gasteiger partial charge on any atom is -0.325 e. The van der Waals surface area contributed by atoms with Gasteiger partial charge in [-0.15, -0.1) is 12.4 Å². The van der Waals surface area contributed by atoms with Crippen molar-refractivity contribution in [2.75, 3.05) is 0 Å². The third-order valence-corrected chi connectivity index (χ3v) is 2.20. The van der Waals surface area contributed by atoms with Gasteiger partial charge in [0.05, 0.1) is 11.4 Å². The number of hydrogen-bond acceptors (Lipinski definition) is 2. The lowest BCUT2D eigenvalue weighted by molar-refractivity contribution is 0.833. The van der Waals surface area contributed by atoms with Gasteiger partial charge in [-0.3, -0.25) is 0 Å². The smallest absolute Gasteiger partial charge is 0.0764 e. The first-order valence-electron chi connectivity index (χ1n) is 4.30. The maximum Gasteiger partial charge on any atom is 0.0764 e. The second kappa shape index (κ2) is 5.16. The Labute approximate surface area is 99.3 Å². The van der Waals surface area contributed by atoms with Gasteiger partial charge in [0.2, 0.25) is 0 Å². The number of benzene rings is 1. The largest absolute Gasteiger partial charge is 0.325 e. The van der Waals surface area contributed by atoms with E-state index in [4.69, 9.17) is 17.3 Å².